The molecule has 0 bridgehead atoms. The van der Waals surface area contributed by atoms with Gasteiger partial charge < -0.3 is 9.64 Å². The molecular weight excluding hydrogens is 368 g/mol. The maximum absolute atomic E-state index is 12.5. The third kappa shape index (κ3) is 6.10. The summed E-state index contributed by atoms with van der Waals surface area (Å²) in [4.78, 5) is 26.4. The van der Waals surface area contributed by atoms with E-state index in [9.17, 15) is 18.0 Å². The summed E-state index contributed by atoms with van der Waals surface area (Å²) >= 11 is 0. The van der Waals surface area contributed by atoms with Gasteiger partial charge in [-0.3, -0.25) is 9.52 Å². The molecule has 7 nitrogen and oxygen atoms in total. The van der Waals surface area contributed by atoms with Gasteiger partial charge in [0.15, 0.2) is 6.10 Å². The summed E-state index contributed by atoms with van der Waals surface area (Å²) in [7, 11) is -1.94. The summed E-state index contributed by atoms with van der Waals surface area (Å²) < 4.78 is 30.4. The Morgan fingerprint density at radius 3 is 2.30 bits per heavy atom. The van der Waals surface area contributed by atoms with Gasteiger partial charge >= 0.3 is 5.97 Å². The van der Waals surface area contributed by atoms with Crippen molar-refractivity contribution in [3.8, 4) is 0 Å². The van der Waals surface area contributed by atoms with Crippen LogP contribution in [0.15, 0.2) is 54.6 Å². The summed E-state index contributed by atoms with van der Waals surface area (Å²) in [6.45, 7) is 1.86. The van der Waals surface area contributed by atoms with Gasteiger partial charge in [0.05, 0.1) is 17.5 Å². The second-order valence-electron chi connectivity index (χ2n) is 6.15. The Hall–Kier alpha value is -2.87. The fourth-order valence-corrected chi connectivity index (χ4v) is 3.05. The van der Waals surface area contributed by atoms with Gasteiger partial charge in [-0.05, 0) is 24.6 Å². The number of anilines is 1. The first-order valence-electron chi connectivity index (χ1n) is 8.24. The van der Waals surface area contributed by atoms with Gasteiger partial charge in [0, 0.05) is 13.6 Å². The first-order valence-corrected chi connectivity index (χ1v) is 10.1. The third-order valence-electron chi connectivity index (χ3n) is 3.71. The SMILES string of the molecule is CC(OC(=O)c1ccccc1NS(C)(=O)=O)C(=O)N(C)Cc1ccccc1. The number of hydrogen-bond acceptors (Lipinski definition) is 5. The number of hydrogen-bond donors (Lipinski definition) is 1. The van der Waals surface area contributed by atoms with Crippen molar-refractivity contribution in [1.82, 2.24) is 4.90 Å². The van der Waals surface area contributed by atoms with E-state index in [2.05, 4.69) is 4.72 Å². The number of carbonyl (C=O) groups excluding carboxylic acids is 2. The van der Waals surface area contributed by atoms with Crippen molar-refractivity contribution >= 4 is 27.6 Å². The third-order valence-corrected chi connectivity index (χ3v) is 4.30. The minimum atomic E-state index is -3.56. The summed E-state index contributed by atoms with van der Waals surface area (Å²) in [5.41, 5.74) is 1.09. The van der Waals surface area contributed by atoms with Gasteiger partial charge in [0.1, 0.15) is 0 Å². The Morgan fingerprint density at radius 1 is 1.07 bits per heavy atom. The molecule has 0 heterocycles. The Kier molecular flexibility index (Phi) is 6.57. The van der Waals surface area contributed by atoms with E-state index >= 15 is 0 Å². The molecule has 0 saturated heterocycles. The quantitative estimate of drug-likeness (QED) is 0.732. The van der Waals surface area contributed by atoms with Gasteiger partial charge in [0.25, 0.3) is 5.91 Å². The van der Waals surface area contributed by atoms with Gasteiger partial charge in [-0.1, -0.05) is 42.5 Å². The van der Waals surface area contributed by atoms with Gasteiger partial charge in [-0.2, -0.15) is 0 Å². The Balaban J connectivity index is 2.06. The lowest BCUT2D eigenvalue weighted by atomic mass is 10.2. The molecule has 0 fully saturated rings. The minimum Gasteiger partial charge on any atom is -0.449 e. The maximum Gasteiger partial charge on any atom is 0.341 e. The van der Waals surface area contributed by atoms with Crippen LogP contribution in [0.5, 0.6) is 0 Å². The van der Waals surface area contributed by atoms with Crippen molar-refractivity contribution in [2.45, 2.75) is 19.6 Å². The number of benzene rings is 2. The standard InChI is InChI=1S/C19H22N2O5S/c1-14(18(22)21(2)13-15-9-5-4-6-10-15)26-19(23)16-11-7-8-12-17(16)20-27(3,24)25/h4-12,14,20H,13H2,1-3H3. The van der Waals surface area contributed by atoms with Crippen LogP contribution in [-0.4, -0.2) is 44.6 Å². The highest BCUT2D eigenvalue weighted by Gasteiger charge is 2.24. The number of para-hydroxylation sites is 1. The van der Waals surface area contributed by atoms with Crippen LogP contribution in [-0.2, 0) is 26.1 Å². The second kappa shape index (κ2) is 8.68. The zero-order valence-corrected chi connectivity index (χ0v) is 16.2. The average molecular weight is 390 g/mol. The number of nitrogens with one attached hydrogen (secondary N) is 1. The number of sulfonamides is 1. The lowest BCUT2D eigenvalue weighted by molar-refractivity contribution is -0.139. The Morgan fingerprint density at radius 2 is 1.67 bits per heavy atom. The van der Waals surface area contributed by atoms with Crippen LogP contribution in [0.4, 0.5) is 5.69 Å². The summed E-state index contributed by atoms with van der Waals surface area (Å²) in [6.07, 6.45) is -0.0303. The first kappa shape index (κ1) is 20.4. The molecule has 1 N–H and O–H groups in total. The molecule has 1 atom stereocenters. The van der Waals surface area contributed by atoms with Gasteiger partial charge in [-0.25, -0.2) is 13.2 Å². The predicted octanol–water partition coefficient (Wildman–Crippen LogP) is 2.26. The van der Waals surface area contributed by atoms with E-state index in [1.165, 1.54) is 24.0 Å². The molecule has 1 amide bonds. The van der Waals surface area contributed by atoms with Crippen molar-refractivity contribution in [1.29, 1.82) is 0 Å². The average Bonchev–Trinajstić information content (AvgIpc) is 2.60. The number of likely N-dealkylation sites (N-methyl/N-ethyl adjacent to an activating group) is 1. The van der Waals surface area contributed by atoms with E-state index in [1.807, 2.05) is 30.3 Å². The van der Waals surface area contributed by atoms with Crippen molar-refractivity contribution in [3.05, 3.63) is 65.7 Å². The van der Waals surface area contributed by atoms with Crippen LogP contribution in [0.25, 0.3) is 0 Å². The molecular formula is C19H22N2O5S. The number of amides is 1. The minimum absolute atomic E-state index is 0.0355. The van der Waals surface area contributed by atoms with Crippen molar-refractivity contribution in [3.63, 3.8) is 0 Å². The number of ether oxygens (including phenoxy) is 1. The summed E-state index contributed by atoms with van der Waals surface area (Å²) in [6, 6.07) is 15.5. The molecule has 0 aliphatic carbocycles. The maximum atomic E-state index is 12.5. The molecule has 0 aromatic heterocycles. The van der Waals surface area contributed by atoms with Crippen LogP contribution >= 0.6 is 0 Å². The number of rotatable bonds is 7. The molecule has 2 rings (SSSR count). The molecule has 2 aromatic rings. The number of nitrogens with zero attached hydrogens (tertiary/aromatic N) is 1. The molecule has 0 radical (unpaired) electrons. The Labute approximate surface area is 159 Å². The van der Waals surface area contributed by atoms with E-state index in [0.29, 0.717) is 6.54 Å². The van der Waals surface area contributed by atoms with Crippen molar-refractivity contribution in [2.24, 2.45) is 0 Å². The van der Waals surface area contributed by atoms with Crippen LogP contribution in [0.1, 0.15) is 22.8 Å². The fraction of sp³-hybridized carbons (Fsp3) is 0.263. The molecule has 144 valence electrons. The molecule has 2 aromatic carbocycles. The summed E-state index contributed by atoms with van der Waals surface area (Å²) in [5.74, 6) is -1.14. The molecule has 0 aliphatic heterocycles. The van der Waals surface area contributed by atoms with Crippen LogP contribution in [0, 0.1) is 0 Å². The van der Waals surface area contributed by atoms with Crippen LogP contribution in [0.3, 0.4) is 0 Å². The van der Waals surface area contributed by atoms with Crippen LogP contribution in [0.2, 0.25) is 0 Å². The highest BCUT2D eigenvalue weighted by Crippen LogP contribution is 2.18. The topological polar surface area (TPSA) is 92.8 Å². The van der Waals surface area contributed by atoms with Crippen molar-refractivity contribution < 1.29 is 22.7 Å². The molecule has 0 saturated carbocycles. The lowest BCUT2D eigenvalue weighted by Crippen LogP contribution is -2.37. The Bertz CT molecular complexity index is 913. The van der Waals surface area contributed by atoms with E-state index in [0.717, 1.165) is 11.8 Å². The van der Waals surface area contributed by atoms with Gasteiger partial charge in [0.2, 0.25) is 10.0 Å². The predicted molar refractivity (Wildman–Crippen MR) is 103 cm³/mol. The molecule has 1 unspecified atom stereocenters. The highest BCUT2D eigenvalue weighted by atomic mass is 32.2. The van der Waals surface area contributed by atoms with E-state index in [1.54, 1.807) is 19.2 Å². The van der Waals surface area contributed by atoms with Gasteiger partial charge in [-0.15, -0.1) is 0 Å². The summed E-state index contributed by atoms with van der Waals surface area (Å²) in [5, 5.41) is 0. The lowest BCUT2D eigenvalue weighted by Gasteiger charge is -2.22. The first-order chi connectivity index (χ1) is 12.7. The molecule has 0 aliphatic rings. The molecule has 0 spiro atoms. The van der Waals surface area contributed by atoms with Crippen LogP contribution < -0.4 is 4.72 Å². The highest BCUT2D eigenvalue weighted by molar-refractivity contribution is 7.92. The fourth-order valence-electron chi connectivity index (χ4n) is 2.47. The normalized spacial score (nSPS) is 12.1. The molecule has 27 heavy (non-hydrogen) atoms. The number of carbonyl (C=O) groups is 2. The molecule has 8 heteroatoms. The second-order valence-corrected chi connectivity index (χ2v) is 7.90. The largest absolute Gasteiger partial charge is 0.449 e. The zero-order chi connectivity index (χ0) is 20.0. The van der Waals surface area contributed by atoms with E-state index in [-0.39, 0.29) is 17.2 Å². The zero-order valence-electron chi connectivity index (χ0n) is 15.4. The monoisotopic (exact) mass is 390 g/mol. The van der Waals surface area contributed by atoms with E-state index in [4.69, 9.17) is 4.74 Å². The number of esters is 1. The smallest absolute Gasteiger partial charge is 0.341 e. The van der Waals surface area contributed by atoms with E-state index < -0.39 is 22.1 Å². The van der Waals surface area contributed by atoms with Crippen molar-refractivity contribution in [2.75, 3.05) is 18.0 Å².